The molecule has 3 fully saturated rings. The summed E-state index contributed by atoms with van der Waals surface area (Å²) in [5.41, 5.74) is -0.0961. The van der Waals surface area contributed by atoms with Crippen molar-refractivity contribution in [2.24, 2.45) is 5.92 Å². The predicted octanol–water partition coefficient (Wildman–Crippen LogP) is -5.29. The number of carboxylic acids is 2. The van der Waals surface area contributed by atoms with E-state index < -0.39 is 152 Å². The van der Waals surface area contributed by atoms with Gasteiger partial charge in [-0.3, -0.25) is 57.5 Å². The van der Waals surface area contributed by atoms with E-state index in [2.05, 4.69) is 49.1 Å². The van der Waals surface area contributed by atoms with Crippen molar-refractivity contribution in [3.05, 3.63) is 12.2 Å². The van der Waals surface area contributed by atoms with Gasteiger partial charge in [-0.1, -0.05) is 26.8 Å². The molecule has 64 heavy (non-hydrogen) atoms. The van der Waals surface area contributed by atoms with E-state index in [1.54, 1.807) is 13.8 Å². The molecule has 3 aliphatic rings. The van der Waals surface area contributed by atoms with Gasteiger partial charge in [-0.2, -0.15) is 0 Å². The second-order valence-corrected chi connectivity index (χ2v) is 15.8. The summed E-state index contributed by atoms with van der Waals surface area (Å²) >= 11 is 0. The van der Waals surface area contributed by atoms with Gasteiger partial charge >= 0.3 is 11.9 Å². The number of piperidine rings is 1. The summed E-state index contributed by atoms with van der Waals surface area (Å²) < 4.78 is 0. The van der Waals surface area contributed by atoms with Crippen molar-refractivity contribution in [2.45, 2.75) is 114 Å². The first-order chi connectivity index (χ1) is 30.1. The molecule has 3 rings (SSSR count). The number of nitrogens with one attached hydrogen (secondary N) is 8. The Morgan fingerprint density at radius 3 is 1.56 bits per heavy atom. The van der Waals surface area contributed by atoms with E-state index >= 15 is 0 Å². The minimum atomic E-state index is -1.83. The number of rotatable bonds is 7. The number of hydrogen-bond acceptors (Lipinski definition) is 13. The Kier molecular flexibility index (Phi) is 19.6. The molecule has 3 aliphatic heterocycles. The molecule has 0 aliphatic carbocycles. The Balaban J connectivity index is 1.92. The highest BCUT2D eigenvalue weighted by atomic mass is 16.4. The maximum absolute atomic E-state index is 14.1. The van der Waals surface area contributed by atoms with Gasteiger partial charge < -0.3 is 67.7 Å². The van der Waals surface area contributed by atoms with E-state index in [1.165, 1.54) is 16.7 Å². The van der Waals surface area contributed by atoms with Gasteiger partial charge in [0.15, 0.2) is 0 Å². The normalized spacial score (nSPS) is 27.0. The number of aliphatic hydroxyl groups is 1. The minimum absolute atomic E-state index is 0.0961. The van der Waals surface area contributed by atoms with Crippen molar-refractivity contribution in [3.8, 4) is 0 Å². The Hall–Kier alpha value is -6.66. The van der Waals surface area contributed by atoms with E-state index in [0.717, 1.165) is 0 Å². The van der Waals surface area contributed by atoms with E-state index in [1.807, 2.05) is 0 Å². The molecule has 3 heterocycles. The van der Waals surface area contributed by atoms with Crippen molar-refractivity contribution in [2.75, 3.05) is 39.3 Å². The first-order valence-electron chi connectivity index (χ1n) is 20.8. The average molecular weight is 907 g/mol. The topological polar surface area (TPSA) is 368 Å². The zero-order valence-corrected chi connectivity index (χ0v) is 35.9. The van der Waals surface area contributed by atoms with Gasteiger partial charge in [0.25, 0.3) is 5.91 Å². The first-order valence-corrected chi connectivity index (χ1v) is 20.8. The number of carbonyl (C=O) groups is 12. The van der Waals surface area contributed by atoms with Gasteiger partial charge in [-0.05, 0) is 44.9 Å². The summed E-state index contributed by atoms with van der Waals surface area (Å²) in [6, 6.07) is -8.65. The molecule has 25 nitrogen and oxygen atoms in total. The molecule has 0 saturated carbocycles. The fourth-order valence-electron chi connectivity index (χ4n) is 7.20. The Bertz CT molecular complexity index is 1860. The lowest BCUT2D eigenvalue weighted by molar-refractivity contribution is -0.143. The number of carbonyl (C=O) groups excluding carboxylic acids is 10. The van der Waals surface area contributed by atoms with Crippen LogP contribution >= 0.6 is 0 Å². The van der Waals surface area contributed by atoms with Crippen LogP contribution in [0.3, 0.4) is 0 Å². The highest BCUT2D eigenvalue weighted by molar-refractivity contribution is 6.00. The van der Waals surface area contributed by atoms with E-state index in [4.69, 9.17) is 0 Å². The summed E-state index contributed by atoms with van der Waals surface area (Å²) in [6.07, 6.45) is -1.29. The Labute approximate surface area is 367 Å². The van der Waals surface area contributed by atoms with Crippen LogP contribution in [0.15, 0.2) is 12.2 Å². The van der Waals surface area contributed by atoms with Gasteiger partial charge in [0, 0.05) is 25.2 Å². The van der Waals surface area contributed by atoms with E-state index in [-0.39, 0.29) is 38.0 Å². The number of nitrogens with zero attached hydrogens (tertiary/aromatic N) is 2. The first kappa shape index (κ1) is 51.7. The molecule has 8 unspecified atom stereocenters. The smallest absolute Gasteiger partial charge is 0.305 e. The third-order valence-corrected chi connectivity index (χ3v) is 10.9. The lowest BCUT2D eigenvalue weighted by Gasteiger charge is -2.35. The minimum Gasteiger partial charge on any atom is -0.481 e. The molecule has 25 heteroatoms. The van der Waals surface area contributed by atoms with Crippen LogP contribution in [0.25, 0.3) is 0 Å². The van der Waals surface area contributed by atoms with Crippen molar-refractivity contribution in [3.63, 3.8) is 0 Å². The molecule has 0 aromatic rings. The number of aliphatic hydroxyl groups excluding tert-OH is 1. The predicted molar refractivity (Wildman–Crippen MR) is 219 cm³/mol. The van der Waals surface area contributed by atoms with Gasteiger partial charge in [0.05, 0.1) is 38.6 Å². The number of carboxylic acid groups (broad SMARTS) is 2. The second-order valence-electron chi connectivity index (χ2n) is 15.8. The molecular weight excluding hydrogens is 848 g/mol. The number of aliphatic carboxylic acids is 2. The van der Waals surface area contributed by atoms with Crippen LogP contribution in [0, 0.1) is 5.92 Å². The van der Waals surface area contributed by atoms with Crippen LogP contribution < -0.4 is 42.5 Å². The van der Waals surface area contributed by atoms with Crippen LogP contribution in [0.2, 0.25) is 0 Å². The van der Waals surface area contributed by atoms with E-state index in [0.29, 0.717) is 25.7 Å². The fraction of sp³-hybridized carbons (Fsp3) is 0.641. The molecule has 0 aromatic carbocycles. The third-order valence-electron chi connectivity index (χ3n) is 10.9. The van der Waals surface area contributed by atoms with Gasteiger partial charge in [-0.15, -0.1) is 0 Å². The summed E-state index contributed by atoms with van der Waals surface area (Å²) in [7, 11) is 0. The molecule has 354 valence electrons. The summed E-state index contributed by atoms with van der Waals surface area (Å²) in [5, 5.41) is 47.4. The Morgan fingerprint density at radius 2 is 1.06 bits per heavy atom. The maximum atomic E-state index is 14.1. The largest absolute Gasteiger partial charge is 0.481 e. The Morgan fingerprint density at radius 1 is 0.609 bits per heavy atom. The van der Waals surface area contributed by atoms with Crippen LogP contribution in [0.4, 0.5) is 0 Å². The third kappa shape index (κ3) is 15.0. The standard InChI is InChI=1S/C39H58N10O15/c1-5-19(2)31-39(64)49-12-8-10-25(49)35(60)40-15-20(3)38(63)48-11-7-6-9-24(48)36(61)43-17-27(52)45-22(13-29(54)55)33(58)41-16-26(51)44-23(14-30(56)57)34(59)42-18-28(53)46-32(21(4)50)37(62)47-31/h19,21-25,31-32,50H,3,5-18H2,1-2,4H3,(H,40,60)(H,41,58)(H,42,59)(H,43,61)(H,44,51)(H,45,52)(H,46,53)(H,47,62)(H,54,55)(H,56,57). The highest BCUT2D eigenvalue weighted by Crippen LogP contribution is 2.23. The monoisotopic (exact) mass is 906 g/mol. The quantitative estimate of drug-likeness (QED) is 0.106. The molecular formula is C39H58N10O15. The molecule has 8 atom stereocenters. The number of fused-ring (bicyclic) bond motifs is 2. The lowest BCUT2D eigenvalue weighted by Crippen LogP contribution is -2.61. The molecule has 10 amide bonds. The average Bonchev–Trinajstić information content (AvgIpc) is 3.75. The summed E-state index contributed by atoms with van der Waals surface area (Å²) in [5.74, 6) is -12.9. The van der Waals surface area contributed by atoms with Crippen molar-refractivity contribution in [1.29, 1.82) is 0 Å². The van der Waals surface area contributed by atoms with Crippen LogP contribution in [0.5, 0.6) is 0 Å². The van der Waals surface area contributed by atoms with Gasteiger partial charge in [-0.25, -0.2) is 0 Å². The maximum Gasteiger partial charge on any atom is 0.305 e. The lowest BCUT2D eigenvalue weighted by atomic mass is 9.96. The van der Waals surface area contributed by atoms with Crippen molar-refractivity contribution in [1.82, 2.24) is 52.3 Å². The molecule has 0 bridgehead atoms. The molecule has 0 radical (unpaired) electrons. The van der Waals surface area contributed by atoms with Gasteiger partial charge in [0.2, 0.25) is 53.2 Å². The SMILES string of the molecule is C=C1CNC(=O)C2CCCN2C(=O)C(C(C)CC)NC(=O)C(C(C)O)NC(=O)CNC(=O)C(CC(=O)O)NC(=O)CNC(=O)C(CC(=O)O)NC(=O)CNC(=O)C2CCCCN2C1=O. The number of hydrogen-bond donors (Lipinski definition) is 11. The van der Waals surface area contributed by atoms with Crippen LogP contribution in [0.1, 0.15) is 72.1 Å². The van der Waals surface area contributed by atoms with Crippen LogP contribution in [-0.4, -0.2) is 178 Å². The number of amides is 10. The van der Waals surface area contributed by atoms with E-state index in [9.17, 15) is 72.9 Å². The zero-order chi connectivity index (χ0) is 47.8. The van der Waals surface area contributed by atoms with Gasteiger partial charge in [0.1, 0.15) is 36.3 Å². The molecule has 11 N–H and O–H groups in total. The van der Waals surface area contributed by atoms with Crippen molar-refractivity contribution < 1.29 is 72.9 Å². The summed E-state index contributed by atoms with van der Waals surface area (Å²) in [4.78, 5) is 158. The molecule has 3 saturated heterocycles. The molecule has 0 spiro atoms. The zero-order valence-electron chi connectivity index (χ0n) is 35.9. The fourth-order valence-corrected chi connectivity index (χ4v) is 7.20. The second kappa shape index (κ2) is 24.3. The molecule has 0 aromatic heterocycles. The van der Waals surface area contributed by atoms with Crippen LogP contribution in [-0.2, 0) is 57.5 Å². The van der Waals surface area contributed by atoms with Crippen molar-refractivity contribution >= 4 is 71.0 Å². The summed E-state index contributed by atoms with van der Waals surface area (Å²) in [6.45, 7) is 5.68. The highest BCUT2D eigenvalue weighted by Gasteiger charge is 2.41.